The maximum atomic E-state index is 11.7. The van der Waals surface area contributed by atoms with E-state index in [-0.39, 0.29) is 6.04 Å². The monoisotopic (exact) mass is 317 g/mol. The Bertz CT molecular complexity index is 728. The lowest BCUT2D eigenvalue weighted by atomic mass is 9.92. The van der Waals surface area contributed by atoms with Crippen LogP contribution >= 0.6 is 0 Å². The number of carboxylic acid groups (broad SMARTS) is 1. The summed E-state index contributed by atoms with van der Waals surface area (Å²) in [5, 5.41) is 10.4. The average Bonchev–Trinajstić information content (AvgIpc) is 2.86. The van der Waals surface area contributed by atoms with Crippen molar-refractivity contribution in [3.63, 3.8) is 0 Å². The minimum atomic E-state index is -0.879. The van der Waals surface area contributed by atoms with Gasteiger partial charge in [0.15, 0.2) is 0 Å². The highest BCUT2D eigenvalue weighted by Gasteiger charge is 2.27. The maximum absolute atomic E-state index is 11.7. The van der Waals surface area contributed by atoms with Gasteiger partial charge in [0.2, 0.25) is 0 Å². The molecule has 1 aromatic carbocycles. The number of aromatic nitrogens is 1. The van der Waals surface area contributed by atoms with Crippen molar-refractivity contribution in [2.45, 2.75) is 32.7 Å². The second-order valence-corrected chi connectivity index (χ2v) is 6.21. The van der Waals surface area contributed by atoms with Crippen molar-refractivity contribution in [1.82, 2.24) is 4.57 Å². The van der Waals surface area contributed by atoms with Crippen LogP contribution in [-0.2, 0) is 4.74 Å². The van der Waals surface area contributed by atoms with Gasteiger partial charge in [0.25, 0.3) is 0 Å². The van der Waals surface area contributed by atoms with Crippen LogP contribution in [0.25, 0.3) is 10.9 Å². The van der Waals surface area contributed by atoms with E-state index in [2.05, 4.69) is 11.5 Å². The van der Waals surface area contributed by atoms with Gasteiger partial charge < -0.3 is 19.1 Å². The fraction of sp³-hybridized carbons (Fsp3) is 0.500. The van der Waals surface area contributed by atoms with Crippen LogP contribution in [0.2, 0.25) is 0 Å². The first kappa shape index (κ1) is 15.9. The second-order valence-electron chi connectivity index (χ2n) is 6.21. The first-order valence-corrected chi connectivity index (χ1v) is 8.04. The number of nitrogens with zero attached hydrogens (tertiary/aromatic N) is 1. The van der Waals surface area contributed by atoms with Crippen LogP contribution in [0.5, 0.6) is 5.75 Å². The second kappa shape index (κ2) is 6.24. The Kier molecular flexibility index (Phi) is 4.31. The Morgan fingerprint density at radius 2 is 2.09 bits per heavy atom. The molecule has 0 amide bonds. The first-order chi connectivity index (χ1) is 11.0. The van der Waals surface area contributed by atoms with Crippen LogP contribution in [0.3, 0.4) is 0 Å². The van der Waals surface area contributed by atoms with E-state index < -0.39 is 5.97 Å². The van der Waals surface area contributed by atoms with Crippen molar-refractivity contribution < 1.29 is 19.4 Å². The van der Waals surface area contributed by atoms with Crippen molar-refractivity contribution in [3.05, 3.63) is 29.5 Å². The smallest absolute Gasteiger partial charge is 0.338 e. The summed E-state index contributed by atoms with van der Waals surface area (Å²) in [5.41, 5.74) is 2.12. The molecule has 23 heavy (non-hydrogen) atoms. The van der Waals surface area contributed by atoms with Gasteiger partial charge in [-0.15, -0.1) is 0 Å². The van der Waals surface area contributed by atoms with Crippen LogP contribution in [0.1, 0.15) is 41.9 Å². The van der Waals surface area contributed by atoms with Crippen molar-refractivity contribution in [3.8, 4) is 5.75 Å². The number of methoxy groups -OCH3 is 1. The summed E-state index contributed by atoms with van der Waals surface area (Å²) in [6.07, 6.45) is 2.01. The standard InChI is InChI=1S/C18H23NO4/c1-11(13-6-8-23-9-7-13)19-12(2)17(18(20)21)15-5-4-14(22-3)10-16(15)19/h4-5,10-11,13H,6-9H2,1-3H3,(H,20,21)/t11-/m0/s1. The summed E-state index contributed by atoms with van der Waals surface area (Å²) in [6, 6.07) is 5.82. The van der Waals surface area contributed by atoms with Crippen LogP contribution in [0, 0.1) is 12.8 Å². The summed E-state index contributed by atoms with van der Waals surface area (Å²) in [5.74, 6) is 0.355. The zero-order valence-electron chi connectivity index (χ0n) is 13.8. The molecule has 1 N–H and O–H groups in total. The van der Waals surface area contributed by atoms with Gasteiger partial charge in [-0.25, -0.2) is 4.79 Å². The molecule has 1 aliphatic rings. The molecule has 1 aromatic heterocycles. The van der Waals surface area contributed by atoms with E-state index in [1.54, 1.807) is 7.11 Å². The van der Waals surface area contributed by atoms with Gasteiger partial charge in [-0.3, -0.25) is 0 Å². The van der Waals surface area contributed by atoms with E-state index in [1.165, 1.54) is 0 Å². The van der Waals surface area contributed by atoms with Gasteiger partial charge in [0, 0.05) is 36.4 Å². The molecule has 5 nitrogen and oxygen atoms in total. The van der Waals surface area contributed by atoms with E-state index in [4.69, 9.17) is 9.47 Å². The Morgan fingerprint density at radius 3 is 2.70 bits per heavy atom. The van der Waals surface area contributed by atoms with Crippen LogP contribution in [0.15, 0.2) is 18.2 Å². The van der Waals surface area contributed by atoms with E-state index in [0.29, 0.717) is 11.5 Å². The molecular weight excluding hydrogens is 294 g/mol. The third-order valence-corrected chi connectivity index (χ3v) is 5.03. The molecule has 1 saturated heterocycles. The van der Waals surface area contributed by atoms with Crippen molar-refractivity contribution in [2.24, 2.45) is 5.92 Å². The lowest BCUT2D eigenvalue weighted by molar-refractivity contribution is 0.0515. The van der Waals surface area contributed by atoms with Gasteiger partial charge in [-0.1, -0.05) is 0 Å². The molecule has 0 bridgehead atoms. The summed E-state index contributed by atoms with van der Waals surface area (Å²) in [7, 11) is 1.63. The number of hydrogen-bond acceptors (Lipinski definition) is 3. The molecule has 2 heterocycles. The lowest BCUT2D eigenvalue weighted by Gasteiger charge is -2.30. The summed E-state index contributed by atoms with van der Waals surface area (Å²) in [6.45, 7) is 5.63. The number of fused-ring (bicyclic) bond motifs is 1. The largest absolute Gasteiger partial charge is 0.497 e. The van der Waals surface area contributed by atoms with Crippen molar-refractivity contribution in [2.75, 3.05) is 20.3 Å². The summed E-state index contributed by atoms with van der Waals surface area (Å²) >= 11 is 0. The van der Waals surface area contributed by atoms with E-state index >= 15 is 0 Å². The minimum Gasteiger partial charge on any atom is -0.497 e. The fourth-order valence-electron chi connectivity index (χ4n) is 3.75. The molecule has 1 atom stereocenters. The third-order valence-electron chi connectivity index (χ3n) is 5.03. The quantitative estimate of drug-likeness (QED) is 0.935. The predicted octanol–water partition coefficient (Wildman–Crippen LogP) is 3.64. The normalized spacial score (nSPS) is 17.3. The number of carboxylic acids is 1. The van der Waals surface area contributed by atoms with Gasteiger partial charge in [0.05, 0.1) is 18.2 Å². The molecule has 0 saturated carbocycles. The lowest BCUT2D eigenvalue weighted by Crippen LogP contribution is -2.24. The number of ether oxygens (including phenoxy) is 2. The molecule has 1 aliphatic heterocycles. The number of rotatable bonds is 4. The average molecular weight is 317 g/mol. The number of hydrogen-bond donors (Lipinski definition) is 1. The molecule has 3 rings (SSSR count). The highest BCUT2D eigenvalue weighted by atomic mass is 16.5. The molecule has 0 unspecified atom stereocenters. The first-order valence-electron chi connectivity index (χ1n) is 8.04. The molecule has 2 aromatic rings. The van der Waals surface area contributed by atoms with E-state index in [0.717, 1.165) is 48.4 Å². The maximum Gasteiger partial charge on any atom is 0.338 e. The number of aromatic carboxylic acids is 1. The molecule has 0 spiro atoms. The van der Waals surface area contributed by atoms with Gasteiger partial charge >= 0.3 is 5.97 Å². The molecule has 124 valence electrons. The Balaban J connectivity index is 2.17. The van der Waals surface area contributed by atoms with Gasteiger partial charge in [0.1, 0.15) is 5.75 Å². The molecule has 0 radical (unpaired) electrons. The van der Waals surface area contributed by atoms with Gasteiger partial charge in [-0.05, 0) is 44.7 Å². The molecular formula is C18H23NO4. The van der Waals surface area contributed by atoms with Crippen molar-refractivity contribution in [1.29, 1.82) is 0 Å². The zero-order valence-corrected chi connectivity index (χ0v) is 13.8. The SMILES string of the molecule is COc1ccc2c(C(=O)O)c(C)n([C@@H](C)C3CCOCC3)c2c1. The summed E-state index contributed by atoms with van der Waals surface area (Å²) in [4.78, 5) is 11.7. The number of carbonyl (C=O) groups is 1. The minimum absolute atomic E-state index is 0.224. The molecule has 0 aliphatic carbocycles. The Labute approximate surface area is 135 Å². The van der Waals surface area contributed by atoms with Crippen LogP contribution < -0.4 is 4.74 Å². The molecule has 1 fully saturated rings. The molecule has 5 heteroatoms. The zero-order chi connectivity index (χ0) is 16.6. The van der Waals surface area contributed by atoms with Gasteiger partial charge in [-0.2, -0.15) is 0 Å². The fourth-order valence-corrected chi connectivity index (χ4v) is 3.75. The van der Waals surface area contributed by atoms with E-state index in [1.807, 2.05) is 25.1 Å². The number of benzene rings is 1. The predicted molar refractivity (Wildman–Crippen MR) is 88.4 cm³/mol. The Hall–Kier alpha value is -2.01. The van der Waals surface area contributed by atoms with Crippen LogP contribution in [-0.4, -0.2) is 36.0 Å². The third kappa shape index (κ3) is 2.70. The summed E-state index contributed by atoms with van der Waals surface area (Å²) < 4.78 is 13.0. The highest BCUT2D eigenvalue weighted by Crippen LogP contribution is 2.36. The Morgan fingerprint density at radius 1 is 1.39 bits per heavy atom. The van der Waals surface area contributed by atoms with Crippen molar-refractivity contribution >= 4 is 16.9 Å². The van der Waals surface area contributed by atoms with E-state index in [9.17, 15) is 9.90 Å². The highest BCUT2D eigenvalue weighted by molar-refractivity contribution is 6.05. The van der Waals surface area contributed by atoms with Crippen LogP contribution in [0.4, 0.5) is 0 Å². The topological polar surface area (TPSA) is 60.7 Å².